The molecule has 86 valence electrons. The van der Waals surface area contributed by atoms with Crippen molar-refractivity contribution in [3.8, 4) is 0 Å². The van der Waals surface area contributed by atoms with E-state index in [9.17, 15) is 4.79 Å². The Morgan fingerprint density at radius 2 is 2.38 bits per heavy atom. The van der Waals surface area contributed by atoms with Crippen molar-refractivity contribution in [2.75, 3.05) is 18.0 Å². The number of carbonyl (C=O) groups excluding carboxylic acids is 1. The van der Waals surface area contributed by atoms with Gasteiger partial charge in [-0.05, 0) is 31.5 Å². The van der Waals surface area contributed by atoms with Crippen LogP contribution in [0.5, 0.6) is 0 Å². The highest BCUT2D eigenvalue weighted by Gasteiger charge is 2.31. The molecule has 4 nitrogen and oxygen atoms in total. The summed E-state index contributed by atoms with van der Waals surface area (Å²) in [6.45, 7) is 5.61. The summed E-state index contributed by atoms with van der Waals surface area (Å²) >= 11 is 0. The Bertz CT molecular complexity index is 392. The topological polar surface area (TPSA) is 45.2 Å². The Hall–Kier alpha value is -1.42. The number of pyridine rings is 1. The van der Waals surface area contributed by atoms with Crippen molar-refractivity contribution in [2.45, 2.75) is 26.3 Å². The second kappa shape index (κ2) is 4.61. The van der Waals surface area contributed by atoms with Gasteiger partial charge in [0.25, 0.3) is 0 Å². The fourth-order valence-corrected chi connectivity index (χ4v) is 2.06. The number of likely N-dealkylation sites (N-methyl/N-ethyl adjacent to an activating group) is 1. The number of rotatable bonds is 3. The first kappa shape index (κ1) is 11.1. The fraction of sp³-hybridized carbons (Fsp3) is 0.500. The SMILES string of the molecule is CCNC1CCN(c2cncc(C)c2)C1=O. The lowest BCUT2D eigenvalue weighted by molar-refractivity contribution is -0.118. The molecule has 1 aliphatic heterocycles. The molecule has 16 heavy (non-hydrogen) atoms. The van der Waals surface area contributed by atoms with Crippen LogP contribution in [0, 0.1) is 6.92 Å². The molecular formula is C12H17N3O. The molecule has 2 heterocycles. The van der Waals surface area contributed by atoms with Crippen LogP contribution in [0.25, 0.3) is 0 Å². The zero-order valence-corrected chi connectivity index (χ0v) is 9.73. The monoisotopic (exact) mass is 219 g/mol. The summed E-state index contributed by atoms with van der Waals surface area (Å²) in [5.74, 6) is 0.161. The molecule has 0 saturated carbocycles. The molecule has 4 heteroatoms. The van der Waals surface area contributed by atoms with Gasteiger partial charge in [0.05, 0.1) is 17.9 Å². The molecule has 1 N–H and O–H groups in total. The number of anilines is 1. The molecule has 0 spiro atoms. The molecule has 1 atom stereocenters. The molecule has 1 aromatic heterocycles. The lowest BCUT2D eigenvalue weighted by Gasteiger charge is -2.16. The van der Waals surface area contributed by atoms with Gasteiger partial charge in [-0.1, -0.05) is 6.92 Å². The van der Waals surface area contributed by atoms with Crippen molar-refractivity contribution >= 4 is 11.6 Å². The van der Waals surface area contributed by atoms with Gasteiger partial charge in [-0.2, -0.15) is 0 Å². The van der Waals surface area contributed by atoms with E-state index in [0.29, 0.717) is 0 Å². The van der Waals surface area contributed by atoms with Gasteiger partial charge in [-0.15, -0.1) is 0 Å². The Kier molecular flexibility index (Phi) is 3.19. The highest BCUT2D eigenvalue weighted by atomic mass is 16.2. The first-order valence-electron chi connectivity index (χ1n) is 5.68. The molecule has 0 aliphatic carbocycles. The number of nitrogens with zero attached hydrogens (tertiary/aromatic N) is 2. The average Bonchev–Trinajstić information content (AvgIpc) is 2.61. The van der Waals surface area contributed by atoms with Crippen molar-refractivity contribution in [3.63, 3.8) is 0 Å². The zero-order chi connectivity index (χ0) is 11.5. The van der Waals surface area contributed by atoms with Crippen LogP contribution in [0.3, 0.4) is 0 Å². The van der Waals surface area contributed by atoms with Crippen LogP contribution in [0.1, 0.15) is 18.9 Å². The zero-order valence-electron chi connectivity index (χ0n) is 9.73. The van der Waals surface area contributed by atoms with Crippen LogP contribution in [0.4, 0.5) is 5.69 Å². The van der Waals surface area contributed by atoms with Gasteiger partial charge in [0, 0.05) is 12.7 Å². The number of aryl methyl sites for hydroxylation is 1. The maximum Gasteiger partial charge on any atom is 0.244 e. The second-order valence-corrected chi connectivity index (χ2v) is 4.11. The van der Waals surface area contributed by atoms with Gasteiger partial charge in [-0.25, -0.2) is 0 Å². The standard InChI is InChI=1S/C12H17N3O/c1-3-14-11-4-5-15(12(11)16)10-6-9(2)7-13-8-10/h6-8,11,14H,3-5H2,1-2H3. The third kappa shape index (κ3) is 2.07. The van der Waals surface area contributed by atoms with Crippen molar-refractivity contribution in [3.05, 3.63) is 24.0 Å². The summed E-state index contributed by atoms with van der Waals surface area (Å²) in [6.07, 6.45) is 4.42. The van der Waals surface area contributed by atoms with E-state index in [-0.39, 0.29) is 11.9 Å². The molecule has 1 aromatic rings. The lowest BCUT2D eigenvalue weighted by Crippen LogP contribution is -2.38. The molecule has 2 rings (SSSR count). The number of carbonyl (C=O) groups is 1. The molecular weight excluding hydrogens is 202 g/mol. The predicted octanol–water partition coefficient (Wildman–Crippen LogP) is 1.10. The Balaban J connectivity index is 2.15. The van der Waals surface area contributed by atoms with Crippen LogP contribution in [0.15, 0.2) is 18.5 Å². The largest absolute Gasteiger partial charge is 0.309 e. The van der Waals surface area contributed by atoms with E-state index >= 15 is 0 Å². The van der Waals surface area contributed by atoms with Crippen molar-refractivity contribution < 1.29 is 4.79 Å². The minimum Gasteiger partial charge on any atom is -0.309 e. The van der Waals surface area contributed by atoms with Gasteiger partial charge in [0.15, 0.2) is 0 Å². The fourth-order valence-electron chi connectivity index (χ4n) is 2.06. The van der Waals surface area contributed by atoms with Gasteiger partial charge < -0.3 is 10.2 Å². The summed E-state index contributed by atoms with van der Waals surface area (Å²) in [5, 5.41) is 3.20. The van der Waals surface area contributed by atoms with E-state index in [1.165, 1.54) is 0 Å². The minimum absolute atomic E-state index is 0.0227. The molecule has 1 saturated heterocycles. The predicted molar refractivity (Wildman–Crippen MR) is 63.4 cm³/mol. The first-order chi connectivity index (χ1) is 7.72. The maximum absolute atomic E-state index is 12.0. The molecule has 0 radical (unpaired) electrons. The Morgan fingerprint density at radius 1 is 1.56 bits per heavy atom. The lowest BCUT2D eigenvalue weighted by atomic mass is 10.2. The normalized spacial score (nSPS) is 20.5. The van der Waals surface area contributed by atoms with Gasteiger partial charge in [0.2, 0.25) is 5.91 Å². The second-order valence-electron chi connectivity index (χ2n) is 4.11. The molecule has 0 aromatic carbocycles. The number of aromatic nitrogens is 1. The van der Waals surface area contributed by atoms with E-state index < -0.39 is 0 Å². The quantitative estimate of drug-likeness (QED) is 0.828. The average molecular weight is 219 g/mol. The van der Waals surface area contributed by atoms with Crippen LogP contribution in [-0.2, 0) is 4.79 Å². The molecule has 0 bridgehead atoms. The molecule has 1 fully saturated rings. The van der Waals surface area contributed by atoms with Crippen molar-refractivity contribution in [1.82, 2.24) is 10.3 Å². The Labute approximate surface area is 95.7 Å². The summed E-state index contributed by atoms with van der Waals surface area (Å²) in [6, 6.07) is 1.98. The van der Waals surface area contributed by atoms with Crippen LogP contribution < -0.4 is 10.2 Å². The summed E-state index contributed by atoms with van der Waals surface area (Å²) < 4.78 is 0. The van der Waals surface area contributed by atoms with E-state index in [2.05, 4.69) is 10.3 Å². The third-order valence-electron chi connectivity index (χ3n) is 2.83. The number of hydrogen-bond donors (Lipinski definition) is 1. The van der Waals surface area contributed by atoms with Crippen LogP contribution in [0.2, 0.25) is 0 Å². The highest BCUT2D eigenvalue weighted by molar-refractivity contribution is 5.99. The van der Waals surface area contributed by atoms with Gasteiger partial charge >= 0.3 is 0 Å². The van der Waals surface area contributed by atoms with E-state index in [1.54, 1.807) is 12.4 Å². The van der Waals surface area contributed by atoms with Crippen molar-refractivity contribution in [2.24, 2.45) is 0 Å². The van der Waals surface area contributed by atoms with E-state index in [1.807, 2.05) is 24.8 Å². The molecule has 1 aliphatic rings. The number of nitrogens with one attached hydrogen (secondary N) is 1. The molecule has 1 amide bonds. The number of amides is 1. The summed E-state index contributed by atoms with van der Waals surface area (Å²) in [4.78, 5) is 18.0. The first-order valence-corrected chi connectivity index (χ1v) is 5.68. The summed E-state index contributed by atoms with van der Waals surface area (Å²) in [5.41, 5.74) is 1.99. The van der Waals surface area contributed by atoms with E-state index in [4.69, 9.17) is 0 Å². The van der Waals surface area contributed by atoms with Gasteiger partial charge in [-0.3, -0.25) is 9.78 Å². The minimum atomic E-state index is -0.0227. The summed E-state index contributed by atoms with van der Waals surface area (Å²) in [7, 11) is 0. The van der Waals surface area contributed by atoms with Gasteiger partial charge in [0.1, 0.15) is 0 Å². The van der Waals surface area contributed by atoms with Crippen molar-refractivity contribution in [1.29, 1.82) is 0 Å². The third-order valence-corrected chi connectivity index (χ3v) is 2.83. The Morgan fingerprint density at radius 3 is 3.06 bits per heavy atom. The smallest absolute Gasteiger partial charge is 0.244 e. The highest BCUT2D eigenvalue weighted by Crippen LogP contribution is 2.21. The maximum atomic E-state index is 12.0. The van der Waals surface area contributed by atoms with Crippen LogP contribution in [-0.4, -0.2) is 30.0 Å². The van der Waals surface area contributed by atoms with E-state index in [0.717, 1.165) is 30.8 Å². The molecule has 1 unspecified atom stereocenters. The number of hydrogen-bond acceptors (Lipinski definition) is 3. The van der Waals surface area contributed by atoms with Crippen LogP contribution >= 0.6 is 0 Å².